The largest absolute Gasteiger partial charge is 0.497 e. The lowest BCUT2D eigenvalue weighted by Crippen LogP contribution is -2.18. The van der Waals surface area contributed by atoms with E-state index in [1.807, 2.05) is 25.1 Å². The number of anilines is 1. The summed E-state index contributed by atoms with van der Waals surface area (Å²) in [5.74, 6) is 0.851. The molecule has 0 atom stereocenters. The molecule has 0 fully saturated rings. The van der Waals surface area contributed by atoms with Crippen molar-refractivity contribution in [2.75, 3.05) is 18.4 Å². The average Bonchev–Trinajstić information content (AvgIpc) is 2.80. The van der Waals surface area contributed by atoms with Crippen molar-refractivity contribution in [3.05, 3.63) is 83.9 Å². The summed E-state index contributed by atoms with van der Waals surface area (Å²) in [6.45, 7) is 2.35. The normalized spacial score (nSPS) is 11.2. The summed E-state index contributed by atoms with van der Waals surface area (Å²) in [5, 5.41) is 3.93. The summed E-state index contributed by atoms with van der Waals surface area (Å²) in [5.41, 5.74) is 3.86. The Morgan fingerprint density at radius 1 is 1.00 bits per heavy atom. The number of methoxy groups -OCH3 is 1. The zero-order chi connectivity index (χ0) is 23.0. The monoisotopic (exact) mass is 453 g/mol. The maximum atomic E-state index is 12.6. The quantitative estimate of drug-likeness (QED) is 0.380. The van der Waals surface area contributed by atoms with E-state index in [0.29, 0.717) is 29.4 Å². The molecule has 0 radical (unpaired) electrons. The average molecular weight is 454 g/mol. The first-order valence-electron chi connectivity index (χ1n) is 9.74. The number of rotatable bonds is 9. The van der Waals surface area contributed by atoms with Gasteiger partial charge in [0, 0.05) is 11.3 Å². The fourth-order valence-electron chi connectivity index (χ4n) is 2.74. The van der Waals surface area contributed by atoms with Crippen LogP contribution in [0.5, 0.6) is 11.5 Å². The van der Waals surface area contributed by atoms with Crippen LogP contribution in [0.3, 0.4) is 0 Å². The van der Waals surface area contributed by atoms with Crippen LogP contribution in [0.15, 0.2) is 82.8 Å². The highest BCUT2D eigenvalue weighted by Gasteiger charge is 2.14. The van der Waals surface area contributed by atoms with Gasteiger partial charge in [0.05, 0.1) is 24.8 Å². The third-order valence-electron chi connectivity index (χ3n) is 4.32. The van der Waals surface area contributed by atoms with E-state index in [4.69, 9.17) is 9.47 Å². The van der Waals surface area contributed by atoms with E-state index in [0.717, 1.165) is 5.56 Å². The number of carbonyl (C=O) groups excluding carboxylic acids is 1. The van der Waals surface area contributed by atoms with Gasteiger partial charge in [0.15, 0.2) is 0 Å². The zero-order valence-corrected chi connectivity index (χ0v) is 18.4. The second kappa shape index (κ2) is 10.5. The molecule has 3 aromatic carbocycles. The van der Waals surface area contributed by atoms with Crippen LogP contribution in [-0.2, 0) is 10.0 Å². The highest BCUT2D eigenvalue weighted by Crippen LogP contribution is 2.20. The molecule has 0 aliphatic heterocycles. The van der Waals surface area contributed by atoms with Crippen molar-refractivity contribution in [2.24, 2.45) is 5.10 Å². The van der Waals surface area contributed by atoms with Gasteiger partial charge in [0.25, 0.3) is 15.9 Å². The van der Waals surface area contributed by atoms with Gasteiger partial charge >= 0.3 is 0 Å². The van der Waals surface area contributed by atoms with Gasteiger partial charge in [-0.3, -0.25) is 9.52 Å². The number of carbonyl (C=O) groups is 1. The molecule has 0 aliphatic carbocycles. The number of hydrogen-bond acceptors (Lipinski definition) is 6. The van der Waals surface area contributed by atoms with Gasteiger partial charge in [0.1, 0.15) is 11.5 Å². The van der Waals surface area contributed by atoms with Crippen LogP contribution in [0.4, 0.5) is 5.69 Å². The van der Waals surface area contributed by atoms with Crippen molar-refractivity contribution in [1.29, 1.82) is 0 Å². The van der Waals surface area contributed by atoms with Gasteiger partial charge in [-0.2, -0.15) is 5.10 Å². The first kappa shape index (κ1) is 22.8. The third kappa shape index (κ3) is 6.08. The molecular formula is C23H23N3O5S. The first-order chi connectivity index (χ1) is 15.4. The molecule has 1 amide bonds. The second-order valence-corrected chi connectivity index (χ2v) is 8.25. The second-order valence-electron chi connectivity index (χ2n) is 6.56. The summed E-state index contributed by atoms with van der Waals surface area (Å²) < 4.78 is 38.0. The predicted octanol–water partition coefficient (Wildman–Crippen LogP) is 3.66. The van der Waals surface area contributed by atoms with Gasteiger partial charge in [-0.1, -0.05) is 12.1 Å². The summed E-state index contributed by atoms with van der Waals surface area (Å²) in [4.78, 5) is 12.4. The maximum Gasteiger partial charge on any atom is 0.271 e. The molecule has 0 unspecified atom stereocenters. The van der Waals surface area contributed by atoms with Crippen molar-refractivity contribution in [1.82, 2.24) is 5.43 Å². The number of nitrogens with zero attached hydrogens (tertiary/aromatic N) is 1. The molecule has 32 heavy (non-hydrogen) atoms. The molecule has 0 saturated heterocycles. The summed E-state index contributed by atoms with van der Waals surface area (Å²) in [6, 6.07) is 19.4. The van der Waals surface area contributed by atoms with Crippen LogP contribution in [-0.4, -0.2) is 34.3 Å². The highest BCUT2D eigenvalue weighted by atomic mass is 32.2. The molecule has 0 spiro atoms. The van der Waals surface area contributed by atoms with E-state index in [-0.39, 0.29) is 4.90 Å². The molecule has 0 saturated carbocycles. The van der Waals surface area contributed by atoms with Gasteiger partial charge < -0.3 is 9.47 Å². The van der Waals surface area contributed by atoms with Crippen LogP contribution in [0.1, 0.15) is 22.8 Å². The van der Waals surface area contributed by atoms with Gasteiger partial charge in [-0.05, 0) is 73.2 Å². The Morgan fingerprint density at radius 2 is 1.72 bits per heavy atom. The van der Waals surface area contributed by atoms with Crippen LogP contribution in [0, 0.1) is 0 Å². The Labute approximate surface area is 186 Å². The molecule has 8 nitrogen and oxygen atoms in total. The van der Waals surface area contributed by atoms with E-state index in [2.05, 4.69) is 15.2 Å². The molecular weight excluding hydrogens is 430 g/mol. The van der Waals surface area contributed by atoms with Crippen molar-refractivity contribution in [3.63, 3.8) is 0 Å². The Kier molecular flexibility index (Phi) is 7.45. The number of hydrogen-bond donors (Lipinski definition) is 2. The minimum Gasteiger partial charge on any atom is -0.497 e. The molecule has 166 valence electrons. The molecule has 9 heteroatoms. The Balaban J connectivity index is 1.61. The zero-order valence-electron chi connectivity index (χ0n) is 17.6. The standard InChI is InChI=1S/C23H23N3O5S/c1-3-31-20-11-13-22(14-12-20)32(28,29)26-19-9-7-18(8-10-19)23(27)25-24-16-17-5-4-6-21(15-17)30-2/h4-16,26H,3H2,1-2H3,(H,25,27)/b24-16+. The van der Waals surface area contributed by atoms with Crippen LogP contribution < -0.4 is 19.6 Å². The van der Waals surface area contributed by atoms with Gasteiger partial charge in [0.2, 0.25) is 0 Å². The fraction of sp³-hybridized carbons (Fsp3) is 0.130. The van der Waals surface area contributed by atoms with E-state index in [9.17, 15) is 13.2 Å². The van der Waals surface area contributed by atoms with Gasteiger partial charge in [-0.25, -0.2) is 13.8 Å². The molecule has 3 rings (SSSR count). The first-order valence-corrected chi connectivity index (χ1v) is 11.2. The summed E-state index contributed by atoms with van der Waals surface area (Å²) in [6.07, 6.45) is 1.50. The van der Waals surface area contributed by atoms with Crippen molar-refractivity contribution in [2.45, 2.75) is 11.8 Å². The Morgan fingerprint density at radius 3 is 2.38 bits per heavy atom. The lowest BCUT2D eigenvalue weighted by molar-refractivity contribution is 0.0955. The predicted molar refractivity (Wildman–Crippen MR) is 123 cm³/mol. The molecule has 0 aromatic heterocycles. The number of ether oxygens (including phenoxy) is 2. The van der Waals surface area contributed by atoms with E-state index in [1.54, 1.807) is 25.3 Å². The summed E-state index contributed by atoms with van der Waals surface area (Å²) >= 11 is 0. The fourth-order valence-corrected chi connectivity index (χ4v) is 3.80. The number of sulfonamides is 1. The van der Waals surface area contributed by atoms with E-state index < -0.39 is 15.9 Å². The third-order valence-corrected chi connectivity index (χ3v) is 5.72. The van der Waals surface area contributed by atoms with Crippen LogP contribution >= 0.6 is 0 Å². The molecule has 0 aliphatic rings. The molecule has 2 N–H and O–H groups in total. The van der Waals surface area contributed by atoms with Crippen molar-refractivity contribution >= 4 is 27.8 Å². The summed E-state index contributed by atoms with van der Waals surface area (Å²) in [7, 11) is -2.20. The SMILES string of the molecule is CCOc1ccc(S(=O)(=O)Nc2ccc(C(=O)N/N=C/c3cccc(OC)c3)cc2)cc1. The van der Waals surface area contributed by atoms with Crippen LogP contribution in [0.25, 0.3) is 0 Å². The molecule has 0 heterocycles. The molecule has 0 bridgehead atoms. The Bertz CT molecular complexity index is 1190. The van der Waals surface area contributed by atoms with E-state index >= 15 is 0 Å². The highest BCUT2D eigenvalue weighted by molar-refractivity contribution is 7.92. The maximum absolute atomic E-state index is 12.6. The van der Waals surface area contributed by atoms with Crippen LogP contribution in [0.2, 0.25) is 0 Å². The number of hydrazone groups is 1. The van der Waals surface area contributed by atoms with Gasteiger partial charge in [-0.15, -0.1) is 0 Å². The topological polar surface area (TPSA) is 106 Å². The Hall–Kier alpha value is -3.85. The number of amides is 1. The molecule has 3 aromatic rings. The lowest BCUT2D eigenvalue weighted by Gasteiger charge is -2.09. The van der Waals surface area contributed by atoms with Crippen molar-refractivity contribution in [3.8, 4) is 11.5 Å². The minimum absolute atomic E-state index is 0.106. The number of nitrogens with one attached hydrogen (secondary N) is 2. The lowest BCUT2D eigenvalue weighted by atomic mass is 10.2. The minimum atomic E-state index is -3.77. The van der Waals surface area contributed by atoms with Crippen molar-refractivity contribution < 1.29 is 22.7 Å². The smallest absolute Gasteiger partial charge is 0.271 e. The number of benzene rings is 3. The van der Waals surface area contributed by atoms with E-state index in [1.165, 1.54) is 42.6 Å².